The number of rotatable bonds is 13. The maximum atomic E-state index is 12.0. The van der Waals surface area contributed by atoms with E-state index in [4.69, 9.17) is 9.47 Å². The van der Waals surface area contributed by atoms with Crippen LogP contribution < -0.4 is 4.74 Å². The Labute approximate surface area is 170 Å². The van der Waals surface area contributed by atoms with Crippen molar-refractivity contribution < 1.29 is 14.3 Å². The summed E-state index contributed by atoms with van der Waals surface area (Å²) in [5.74, 6) is 0.708. The fraction of sp³-hybridized carbons (Fsp3) is 0.480. The summed E-state index contributed by atoms with van der Waals surface area (Å²) in [5, 5.41) is 0. The molecule has 152 valence electrons. The van der Waals surface area contributed by atoms with Gasteiger partial charge in [-0.3, -0.25) is 4.79 Å². The molecule has 0 saturated heterocycles. The van der Waals surface area contributed by atoms with Crippen LogP contribution in [0.5, 0.6) is 5.75 Å². The molecule has 2 rings (SSSR count). The van der Waals surface area contributed by atoms with Gasteiger partial charge in [0.15, 0.2) is 0 Å². The minimum absolute atomic E-state index is 0.106. The van der Waals surface area contributed by atoms with E-state index in [0.29, 0.717) is 13.0 Å². The zero-order valence-electron chi connectivity index (χ0n) is 17.4. The summed E-state index contributed by atoms with van der Waals surface area (Å²) in [5.41, 5.74) is 2.12. The third kappa shape index (κ3) is 8.60. The maximum Gasteiger partial charge on any atom is 0.306 e. The van der Waals surface area contributed by atoms with E-state index >= 15 is 0 Å². The second kappa shape index (κ2) is 13.0. The lowest BCUT2D eigenvalue weighted by atomic mass is 10.1. The molecule has 0 N–H and O–H groups in total. The molecule has 3 heteroatoms. The first-order valence-electron chi connectivity index (χ1n) is 10.6. The van der Waals surface area contributed by atoms with Crippen molar-refractivity contribution in [1.82, 2.24) is 0 Å². The molecule has 0 fully saturated rings. The van der Waals surface area contributed by atoms with Gasteiger partial charge >= 0.3 is 5.97 Å². The average molecular weight is 383 g/mol. The number of carbonyl (C=O) groups excluding carboxylic acids is 1. The minimum atomic E-state index is -0.236. The number of ether oxygens (including phenoxy) is 2. The smallest absolute Gasteiger partial charge is 0.306 e. The molecule has 0 saturated carbocycles. The zero-order valence-corrected chi connectivity index (χ0v) is 17.4. The molecule has 0 amide bonds. The van der Waals surface area contributed by atoms with Gasteiger partial charge in [-0.25, -0.2) is 0 Å². The largest absolute Gasteiger partial charge is 0.489 e. The summed E-state index contributed by atoms with van der Waals surface area (Å²) in [6.07, 6.45) is 8.69. The molecule has 2 aromatic rings. The van der Waals surface area contributed by atoms with Gasteiger partial charge in [-0.05, 0) is 36.6 Å². The Bertz CT molecular complexity index is 664. The van der Waals surface area contributed by atoms with Crippen molar-refractivity contribution in [1.29, 1.82) is 0 Å². The van der Waals surface area contributed by atoms with E-state index in [1.165, 1.54) is 32.1 Å². The molecule has 0 bridgehead atoms. The monoisotopic (exact) mass is 382 g/mol. The molecule has 0 aliphatic heterocycles. The zero-order chi connectivity index (χ0) is 20.0. The molecule has 0 aromatic heterocycles. The van der Waals surface area contributed by atoms with Gasteiger partial charge in [-0.2, -0.15) is 0 Å². The normalized spacial score (nSPS) is 11.8. The molecule has 0 aliphatic rings. The van der Waals surface area contributed by atoms with Crippen LogP contribution in [0.25, 0.3) is 0 Å². The fourth-order valence-corrected chi connectivity index (χ4v) is 3.13. The van der Waals surface area contributed by atoms with Crippen LogP contribution in [0.3, 0.4) is 0 Å². The maximum absolute atomic E-state index is 12.0. The lowest BCUT2D eigenvalue weighted by molar-refractivity contribution is -0.148. The van der Waals surface area contributed by atoms with Crippen LogP contribution in [0.4, 0.5) is 0 Å². The molecular formula is C25H34O3. The molecule has 0 heterocycles. The minimum Gasteiger partial charge on any atom is -0.489 e. The molecule has 1 unspecified atom stereocenters. The van der Waals surface area contributed by atoms with E-state index in [2.05, 4.69) is 6.92 Å². The number of hydrogen-bond acceptors (Lipinski definition) is 3. The molecular weight excluding hydrogens is 348 g/mol. The summed E-state index contributed by atoms with van der Waals surface area (Å²) < 4.78 is 11.4. The van der Waals surface area contributed by atoms with Crippen LogP contribution in [0.2, 0.25) is 0 Å². The quantitative estimate of drug-likeness (QED) is 0.276. The number of unbranched alkanes of at least 4 members (excludes halogenated alkanes) is 6. The molecule has 1 atom stereocenters. The van der Waals surface area contributed by atoms with Crippen molar-refractivity contribution in [2.45, 2.75) is 77.9 Å². The Hall–Kier alpha value is -2.29. The first kappa shape index (κ1) is 22.0. The van der Waals surface area contributed by atoms with Crippen LogP contribution >= 0.6 is 0 Å². The molecule has 3 nitrogen and oxygen atoms in total. The van der Waals surface area contributed by atoms with E-state index < -0.39 is 0 Å². The first-order valence-corrected chi connectivity index (χ1v) is 10.6. The van der Waals surface area contributed by atoms with Crippen molar-refractivity contribution in [3.8, 4) is 5.75 Å². The Morgan fingerprint density at radius 3 is 2.18 bits per heavy atom. The van der Waals surface area contributed by atoms with Gasteiger partial charge in [0.05, 0.1) is 0 Å². The Balaban J connectivity index is 1.66. The highest BCUT2D eigenvalue weighted by Crippen LogP contribution is 2.22. The summed E-state index contributed by atoms with van der Waals surface area (Å²) in [7, 11) is 0. The van der Waals surface area contributed by atoms with E-state index in [0.717, 1.165) is 29.7 Å². The van der Waals surface area contributed by atoms with Crippen LogP contribution in [-0.4, -0.2) is 5.97 Å². The summed E-state index contributed by atoms with van der Waals surface area (Å²) in [6, 6.07) is 17.9. The van der Waals surface area contributed by atoms with Gasteiger partial charge in [-0.15, -0.1) is 0 Å². The van der Waals surface area contributed by atoms with Crippen molar-refractivity contribution in [3.05, 3.63) is 65.7 Å². The van der Waals surface area contributed by atoms with E-state index in [-0.39, 0.29) is 12.1 Å². The Kier molecular flexibility index (Phi) is 10.2. The summed E-state index contributed by atoms with van der Waals surface area (Å²) in [4.78, 5) is 12.0. The second-order valence-corrected chi connectivity index (χ2v) is 7.35. The van der Waals surface area contributed by atoms with Gasteiger partial charge < -0.3 is 9.47 Å². The highest BCUT2D eigenvalue weighted by Gasteiger charge is 2.11. The van der Waals surface area contributed by atoms with Crippen LogP contribution in [-0.2, 0) is 16.1 Å². The van der Waals surface area contributed by atoms with Gasteiger partial charge in [0.25, 0.3) is 0 Å². The summed E-state index contributed by atoms with van der Waals surface area (Å²) in [6.45, 7) is 4.69. The summed E-state index contributed by atoms with van der Waals surface area (Å²) >= 11 is 0. The Morgan fingerprint density at radius 2 is 1.50 bits per heavy atom. The highest BCUT2D eigenvalue weighted by atomic mass is 16.5. The first-order chi connectivity index (χ1) is 13.7. The lowest BCUT2D eigenvalue weighted by Gasteiger charge is -2.14. The molecule has 0 radical (unpaired) electrons. The average Bonchev–Trinajstić information content (AvgIpc) is 2.72. The van der Waals surface area contributed by atoms with Gasteiger partial charge in [0, 0.05) is 6.42 Å². The molecule has 0 aliphatic carbocycles. The molecule has 28 heavy (non-hydrogen) atoms. The fourth-order valence-electron chi connectivity index (χ4n) is 3.13. The Morgan fingerprint density at radius 1 is 0.857 bits per heavy atom. The third-order valence-electron chi connectivity index (χ3n) is 4.89. The standard InChI is InChI=1S/C25H34O3/c1-3-4-5-6-7-8-12-15-25(26)28-21(2)23-16-18-24(19-17-23)27-20-22-13-10-9-11-14-22/h9-11,13-14,16-19,21H,3-8,12,15,20H2,1-2H3. The predicted molar refractivity (Wildman–Crippen MR) is 114 cm³/mol. The topological polar surface area (TPSA) is 35.5 Å². The lowest BCUT2D eigenvalue weighted by Crippen LogP contribution is -2.08. The van der Waals surface area contributed by atoms with Crippen LogP contribution in [0.15, 0.2) is 54.6 Å². The number of carbonyl (C=O) groups is 1. The van der Waals surface area contributed by atoms with Crippen LogP contribution in [0, 0.1) is 0 Å². The second-order valence-electron chi connectivity index (χ2n) is 7.35. The number of hydrogen-bond donors (Lipinski definition) is 0. The number of benzene rings is 2. The number of esters is 1. The van der Waals surface area contributed by atoms with E-state index in [1.807, 2.05) is 61.5 Å². The van der Waals surface area contributed by atoms with Gasteiger partial charge in [-0.1, -0.05) is 87.9 Å². The van der Waals surface area contributed by atoms with Crippen LogP contribution in [0.1, 0.15) is 82.4 Å². The SMILES string of the molecule is CCCCCCCCCC(=O)OC(C)c1ccc(OCc2ccccc2)cc1. The van der Waals surface area contributed by atoms with Crippen molar-refractivity contribution in [3.63, 3.8) is 0 Å². The van der Waals surface area contributed by atoms with E-state index in [1.54, 1.807) is 0 Å². The predicted octanol–water partition coefficient (Wildman–Crippen LogP) is 7.01. The van der Waals surface area contributed by atoms with Crippen molar-refractivity contribution in [2.75, 3.05) is 0 Å². The van der Waals surface area contributed by atoms with Crippen molar-refractivity contribution in [2.24, 2.45) is 0 Å². The third-order valence-corrected chi connectivity index (χ3v) is 4.89. The van der Waals surface area contributed by atoms with Gasteiger partial charge in [0.1, 0.15) is 18.5 Å². The highest BCUT2D eigenvalue weighted by molar-refractivity contribution is 5.69. The molecule has 0 spiro atoms. The molecule has 2 aromatic carbocycles. The van der Waals surface area contributed by atoms with Crippen molar-refractivity contribution >= 4 is 5.97 Å². The van der Waals surface area contributed by atoms with E-state index in [9.17, 15) is 4.79 Å². The van der Waals surface area contributed by atoms with Gasteiger partial charge in [0.2, 0.25) is 0 Å².